The highest BCUT2D eigenvalue weighted by molar-refractivity contribution is 7.99. The van der Waals surface area contributed by atoms with Crippen molar-refractivity contribution in [2.75, 3.05) is 27.7 Å². The smallest absolute Gasteiger partial charge is 0.331 e. The number of unbranched alkanes of at least 4 members (excludes halogenated alkanes) is 1. The highest BCUT2D eigenvalue weighted by Crippen LogP contribution is 1.95. The molecule has 0 spiro atoms. The van der Waals surface area contributed by atoms with Gasteiger partial charge in [-0.1, -0.05) is 25.2 Å². The highest BCUT2D eigenvalue weighted by Gasteiger charge is 2.17. The van der Waals surface area contributed by atoms with Gasteiger partial charge < -0.3 is 4.48 Å². The first-order chi connectivity index (χ1) is 7.27. The minimum atomic E-state index is -5.49. The molecule has 0 unspecified atom stereocenters. The summed E-state index contributed by atoms with van der Waals surface area (Å²) in [5.41, 5.74) is 0. The lowest BCUT2D eigenvalue weighted by Gasteiger charge is -2.23. The van der Waals surface area contributed by atoms with Crippen molar-refractivity contribution in [3.05, 3.63) is 0 Å². The molecule has 0 bridgehead atoms. The largest absolute Gasteiger partial charge is 0.387 e. The maximum absolute atomic E-state index is 11.1. The second kappa shape index (κ2) is 7.19. The van der Waals surface area contributed by atoms with Crippen molar-refractivity contribution in [1.82, 2.24) is 4.13 Å². The van der Waals surface area contributed by atoms with E-state index in [0.29, 0.717) is 0 Å². The van der Waals surface area contributed by atoms with Crippen LogP contribution in [-0.4, -0.2) is 49.0 Å². The summed E-state index contributed by atoms with van der Waals surface area (Å²) in [6.07, 6.45) is 2.67. The molecule has 0 aliphatic heterocycles. The second-order valence-corrected chi connectivity index (χ2v) is 6.74. The molecule has 0 radical (unpaired) electrons. The van der Waals surface area contributed by atoms with Crippen LogP contribution in [0.1, 0.15) is 19.8 Å². The van der Waals surface area contributed by atoms with Gasteiger partial charge in [-0.15, -0.1) is 0 Å². The SMILES string of the molecule is CCCC[N+](C)(C)C.O=S(=O)(F)NS(=O)(=O)F. The van der Waals surface area contributed by atoms with Gasteiger partial charge in [0.05, 0.1) is 27.7 Å². The molecule has 0 atom stereocenters. The van der Waals surface area contributed by atoms with Gasteiger partial charge in [0.1, 0.15) is 0 Å². The Morgan fingerprint density at radius 2 is 1.35 bits per heavy atom. The van der Waals surface area contributed by atoms with Gasteiger partial charge in [-0.3, -0.25) is 0 Å². The van der Waals surface area contributed by atoms with Gasteiger partial charge in [0.15, 0.2) is 0 Å². The van der Waals surface area contributed by atoms with E-state index >= 15 is 0 Å². The van der Waals surface area contributed by atoms with Crippen molar-refractivity contribution in [3.8, 4) is 0 Å². The molecule has 0 saturated carbocycles. The third-order valence-electron chi connectivity index (χ3n) is 1.38. The molecule has 0 saturated heterocycles. The average Bonchev–Trinajstić information content (AvgIpc) is 1.93. The lowest BCUT2D eigenvalue weighted by Crippen LogP contribution is -2.35. The Kier molecular flexibility index (Phi) is 8.05. The Bertz CT molecular complexity index is 370. The Balaban J connectivity index is 0. The van der Waals surface area contributed by atoms with Gasteiger partial charge >= 0.3 is 20.8 Å². The Hall–Kier alpha value is -0.320. The molecule has 0 aliphatic rings. The van der Waals surface area contributed by atoms with Crippen LogP contribution in [-0.2, 0) is 20.8 Å². The van der Waals surface area contributed by atoms with Crippen LogP contribution in [0.15, 0.2) is 0 Å². The quantitative estimate of drug-likeness (QED) is 0.592. The number of halogens is 2. The van der Waals surface area contributed by atoms with Crippen LogP contribution in [0, 0.1) is 0 Å². The summed E-state index contributed by atoms with van der Waals surface area (Å²) < 4.78 is 60.4. The fraction of sp³-hybridized carbons (Fsp3) is 1.00. The number of quaternary nitrogens is 1. The topological polar surface area (TPSA) is 80.3 Å². The second-order valence-electron chi connectivity index (χ2n) is 4.33. The molecule has 1 N–H and O–H groups in total. The summed E-state index contributed by atoms with van der Waals surface area (Å²) in [5.74, 6) is 0. The van der Waals surface area contributed by atoms with Gasteiger partial charge in [0.25, 0.3) is 0 Å². The van der Waals surface area contributed by atoms with E-state index in [9.17, 15) is 24.6 Å². The lowest BCUT2D eigenvalue weighted by atomic mass is 10.3. The van der Waals surface area contributed by atoms with Crippen molar-refractivity contribution in [2.45, 2.75) is 19.8 Å². The Labute approximate surface area is 102 Å². The van der Waals surface area contributed by atoms with Crippen molar-refractivity contribution >= 4 is 20.8 Å². The normalized spacial score (nSPS) is 12.8. The molecule has 0 heterocycles. The van der Waals surface area contributed by atoms with Gasteiger partial charge in [-0.05, 0) is 6.42 Å². The monoisotopic (exact) mass is 297 g/mol. The van der Waals surface area contributed by atoms with E-state index in [4.69, 9.17) is 0 Å². The summed E-state index contributed by atoms with van der Waals surface area (Å²) in [7, 11) is -4.29. The van der Waals surface area contributed by atoms with Gasteiger partial charge in [-0.25, -0.2) is 0 Å². The van der Waals surface area contributed by atoms with Crippen LogP contribution >= 0.6 is 0 Å². The van der Waals surface area contributed by atoms with Crippen molar-refractivity contribution in [3.63, 3.8) is 0 Å². The van der Waals surface area contributed by atoms with Crippen LogP contribution in [0.25, 0.3) is 0 Å². The molecule has 0 aromatic rings. The van der Waals surface area contributed by atoms with Crippen molar-refractivity contribution in [2.24, 2.45) is 0 Å². The van der Waals surface area contributed by atoms with Crippen LogP contribution in [0.3, 0.4) is 0 Å². The molecule has 10 heteroatoms. The van der Waals surface area contributed by atoms with Crippen LogP contribution in [0.2, 0.25) is 0 Å². The van der Waals surface area contributed by atoms with E-state index in [1.54, 1.807) is 0 Å². The van der Waals surface area contributed by atoms with Gasteiger partial charge in [0.2, 0.25) is 0 Å². The summed E-state index contributed by atoms with van der Waals surface area (Å²) in [6.45, 7) is 3.53. The number of hydrogen-bond acceptors (Lipinski definition) is 4. The first kappa shape index (κ1) is 19.0. The van der Waals surface area contributed by atoms with Crippen LogP contribution < -0.4 is 4.13 Å². The number of hydrogen-bond donors (Lipinski definition) is 1. The van der Waals surface area contributed by atoms with E-state index in [-0.39, 0.29) is 4.13 Å². The summed E-state index contributed by atoms with van der Waals surface area (Å²) >= 11 is 0. The molecule has 0 aliphatic carbocycles. The van der Waals surface area contributed by atoms with Crippen LogP contribution in [0.4, 0.5) is 7.77 Å². The summed E-state index contributed by atoms with van der Waals surface area (Å²) in [6, 6.07) is 0. The fourth-order valence-electron chi connectivity index (χ4n) is 0.751. The van der Waals surface area contributed by atoms with Gasteiger partial charge in [0, 0.05) is 0 Å². The van der Waals surface area contributed by atoms with E-state index in [1.807, 2.05) is 0 Å². The van der Waals surface area contributed by atoms with Crippen molar-refractivity contribution < 1.29 is 29.1 Å². The third kappa shape index (κ3) is 25.7. The molecular weight excluding hydrogens is 278 g/mol. The number of nitrogens with zero attached hydrogens (tertiary/aromatic N) is 1. The van der Waals surface area contributed by atoms with E-state index in [2.05, 4.69) is 28.1 Å². The number of rotatable bonds is 5. The zero-order valence-corrected chi connectivity index (χ0v) is 11.9. The minimum absolute atomic E-state index is 0.0694. The predicted molar refractivity (Wildman–Crippen MR) is 61.0 cm³/mol. The van der Waals surface area contributed by atoms with Crippen LogP contribution in [0.5, 0.6) is 0 Å². The molecule has 0 rings (SSSR count). The number of nitrogens with one attached hydrogen (secondary N) is 1. The molecule has 0 amide bonds. The first-order valence-electron chi connectivity index (χ1n) is 4.75. The fourth-order valence-corrected chi connectivity index (χ4v) is 1.70. The maximum atomic E-state index is 11.1. The zero-order valence-electron chi connectivity index (χ0n) is 10.3. The van der Waals surface area contributed by atoms with E-state index in [1.165, 1.54) is 19.4 Å². The molecule has 106 valence electrons. The standard InChI is InChI=1S/C7H18N.F2HNO4S2/c1-5-6-7-8(2,3)4;1-8(4,5)3-9(2,6)7/h5-7H2,1-4H3;3H/q+1;. The third-order valence-corrected chi connectivity index (χ3v) is 2.97. The van der Waals surface area contributed by atoms with Crippen molar-refractivity contribution in [1.29, 1.82) is 0 Å². The Morgan fingerprint density at radius 1 is 1.00 bits per heavy atom. The molecular formula is C7H19F2N2O4S2+. The molecule has 0 aromatic carbocycles. The lowest BCUT2D eigenvalue weighted by molar-refractivity contribution is -0.870. The zero-order chi connectivity index (χ0) is 14.3. The molecule has 17 heavy (non-hydrogen) atoms. The highest BCUT2D eigenvalue weighted by atomic mass is 32.3. The van der Waals surface area contributed by atoms with E-state index < -0.39 is 20.8 Å². The minimum Gasteiger partial charge on any atom is -0.331 e. The first-order valence-corrected chi connectivity index (χ1v) is 7.52. The van der Waals surface area contributed by atoms with Gasteiger partial charge in [-0.2, -0.15) is 16.8 Å². The summed E-state index contributed by atoms with van der Waals surface area (Å²) in [4.78, 5) is 0. The Morgan fingerprint density at radius 3 is 1.41 bits per heavy atom. The summed E-state index contributed by atoms with van der Waals surface area (Å²) in [5, 5.41) is 0. The maximum Gasteiger partial charge on any atom is 0.387 e. The molecule has 0 fully saturated rings. The molecule has 6 nitrogen and oxygen atoms in total. The average molecular weight is 297 g/mol. The predicted octanol–water partition coefficient (Wildman–Crippen LogP) is 0.497. The molecule has 0 aromatic heterocycles. The van der Waals surface area contributed by atoms with E-state index in [0.717, 1.165) is 4.48 Å².